The maximum atomic E-state index is 13.5. The van der Waals surface area contributed by atoms with Gasteiger partial charge in [0.15, 0.2) is 23.0 Å². The molecule has 0 radical (unpaired) electrons. The van der Waals surface area contributed by atoms with E-state index in [4.69, 9.17) is 35.3 Å². The van der Waals surface area contributed by atoms with Gasteiger partial charge in [0.25, 0.3) is 15.9 Å². The van der Waals surface area contributed by atoms with Crippen LogP contribution in [-0.4, -0.2) is 49.9 Å². The van der Waals surface area contributed by atoms with Gasteiger partial charge in [-0.2, -0.15) is 0 Å². The quantitative estimate of drug-likeness (QED) is 0.293. The monoisotopic (exact) mass is 547 g/mol. The fraction of sp³-hybridized carbons (Fsp3) is 0.192. The number of carbonyl (C=O) groups is 1. The predicted molar refractivity (Wildman–Crippen MR) is 140 cm³/mol. The normalized spacial score (nSPS) is 11.5. The van der Waals surface area contributed by atoms with Crippen molar-refractivity contribution in [1.29, 1.82) is 0 Å². The number of sulfonamides is 1. The van der Waals surface area contributed by atoms with Crippen LogP contribution in [0.4, 0.5) is 0 Å². The summed E-state index contributed by atoms with van der Waals surface area (Å²) in [5, 5.41) is 0.358. The van der Waals surface area contributed by atoms with Crippen LogP contribution in [0.25, 0.3) is 11.6 Å². The maximum Gasteiger partial charge on any atom is 0.265 e. The van der Waals surface area contributed by atoms with Crippen LogP contribution in [0.15, 0.2) is 59.5 Å². The third-order valence-electron chi connectivity index (χ3n) is 5.29. The summed E-state index contributed by atoms with van der Waals surface area (Å²) in [6.07, 6.45) is 1.51. The van der Waals surface area contributed by atoms with Crippen molar-refractivity contribution >= 4 is 39.2 Å². The standard InChI is InChI=1S/C26H26ClNO8S/c1-32-21-11-6-16(13-22(21)33-2)12-20(17-14-23(34-3)25(36-5)24(15-17)35-4)26(29)28-37(30,31)19-9-7-18(27)8-10-19/h6-15H,1-5H3,(H,28,29)/b20-12+. The van der Waals surface area contributed by atoms with Crippen molar-refractivity contribution in [2.75, 3.05) is 35.5 Å². The molecule has 1 amide bonds. The molecule has 3 aromatic carbocycles. The average Bonchev–Trinajstić information content (AvgIpc) is 2.90. The van der Waals surface area contributed by atoms with Gasteiger partial charge < -0.3 is 23.7 Å². The lowest BCUT2D eigenvalue weighted by molar-refractivity contribution is -0.113. The van der Waals surface area contributed by atoms with Crippen molar-refractivity contribution in [1.82, 2.24) is 4.72 Å². The third-order valence-corrected chi connectivity index (χ3v) is 6.89. The predicted octanol–water partition coefficient (Wildman–Crippen LogP) is 4.43. The molecule has 0 saturated heterocycles. The molecule has 0 aliphatic heterocycles. The minimum absolute atomic E-state index is 0.00371. The number of carbonyl (C=O) groups excluding carboxylic acids is 1. The minimum Gasteiger partial charge on any atom is -0.493 e. The Bertz CT molecular complexity index is 1390. The van der Waals surface area contributed by atoms with Gasteiger partial charge in [0, 0.05) is 10.6 Å². The van der Waals surface area contributed by atoms with Crippen LogP contribution in [0, 0.1) is 0 Å². The van der Waals surface area contributed by atoms with Crippen molar-refractivity contribution in [2.45, 2.75) is 4.90 Å². The Kier molecular flexibility index (Phi) is 8.90. The van der Waals surface area contributed by atoms with Crippen LogP contribution in [0.5, 0.6) is 28.7 Å². The average molecular weight is 548 g/mol. The van der Waals surface area contributed by atoms with E-state index in [-0.39, 0.29) is 22.0 Å². The highest BCUT2D eigenvalue weighted by atomic mass is 35.5. The molecule has 0 aromatic heterocycles. The first-order valence-electron chi connectivity index (χ1n) is 10.7. The van der Waals surface area contributed by atoms with E-state index >= 15 is 0 Å². The number of halogens is 1. The Morgan fingerprint density at radius 2 is 1.32 bits per heavy atom. The molecule has 0 spiro atoms. The summed E-state index contributed by atoms with van der Waals surface area (Å²) >= 11 is 5.87. The smallest absolute Gasteiger partial charge is 0.265 e. The number of benzene rings is 3. The van der Waals surface area contributed by atoms with Crippen LogP contribution < -0.4 is 28.4 Å². The molecule has 9 nitrogen and oxygen atoms in total. The molecule has 0 unspecified atom stereocenters. The first-order valence-corrected chi connectivity index (χ1v) is 12.6. The van der Waals surface area contributed by atoms with Gasteiger partial charge >= 0.3 is 0 Å². The van der Waals surface area contributed by atoms with Gasteiger partial charge in [-0.05, 0) is 65.7 Å². The maximum absolute atomic E-state index is 13.5. The molecule has 11 heteroatoms. The summed E-state index contributed by atoms with van der Waals surface area (Å²) in [7, 11) is 3.09. The molecular formula is C26H26ClNO8S. The summed E-state index contributed by atoms with van der Waals surface area (Å²) in [6.45, 7) is 0. The van der Waals surface area contributed by atoms with Gasteiger partial charge in [0.2, 0.25) is 5.75 Å². The minimum atomic E-state index is -4.22. The SMILES string of the molecule is COc1ccc(/C=C(/C(=O)NS(=O)(=O)c2ccc(Cl)cc2)c2cc(OC)c(OC)c(OC)c2)cc1OC. The van der Waals surface area contributed by atoms with Gasteiger partial charge in [-0.1, -0.05) is 17.7 Å². The molecule has 3 aromatic rings. The van der Waals surface area contributed by atoms with Crippen LogP contribution in [-0.2, 0) is 14.8 Å². The first-order chi connectivity index (χ1) is 17.7. The third kappa shape index (κ3) is 6.28. The largest absolute Gasteiger partial charge is 0.493 e. The number of hydrogen-bond acceptors (Lipinski definition) is 8. The van der Waals surface area contributed by atoms with Crippen molar-refractivity contribution in [2.24, 2.45) is 0 Å². The van der Waals surface area contributed by atoms with E-state index in [1.807, 2.05) is 0 Å². The van der Waals surface area contributed by atoms with E-state index in [2.05, 4.69) is 4.72 Å². The summed E-state index contributed by atoms with van der Waals surface area (Å²) in [5.41, 5.74) is 0.859. The van der Waals surface area contributed by atoms with E-state index in [9.17, 15) is 13.2 Å². The zero-order valence-electron chi connectivity index (χ0n) is 20.8. The van der Waals surface area contributed by atoms with Crippen molar-refractivity contribution in [3.8, 4) is 28.7 Å². The lowest BCUT2D eigenvalue weighted by atomic mass is 10.0. The van der Waals surface area contributed by atoms with Gasteiger partial charge in [-0.15, -0.1) is 0 Å². The molecule has 0 bridgehead atoms. The highest BCUT2D eigenvalue weighted by molar-refractivity contribution is 7.90. The van der Waals surface area contributed by atoms with Crippen molar-refractivity contribution in [3.05, 3.63) is 70.7 Å². The van der Waals surface area contributed by atoms with E-state index in [1.54, 1.807) is 30.3 Å². The van der Waals surface area contributed by atoms with E-state index in [0.717, 1.165) is 0 Å². The number of nitrogens with one attached hydrogen (secondary N) is 1. The summed E-state index contributed by atoms with van der Waals surface area (Å²) < 4.78 is 54.9. The fourth-order valence-corrected chi connectivity index (χ4v) is 4.57. The molecule has 0 atom stereocenters. The molecule has 0 aliphatic carbocycles. The molecule has 37 heavy (non-hydrogen) atoms. The molecule has 0 saturated carbocycles. The zero-order valence-corrected chi connectivity index (χ0v) is 22.4. The van der Waals surface area contributed by atoms with E-state index < -0.39 is 15.9 Å². The van der Waals surface area contributed by atoms with Gasteiger partial charge in [0.05, 0.1) is 40.4 Å². The summed E-state index contributed by atoms with van der Waals surface area (Å²) in [4.78, 5) is 13.4. The van der Waals surface area contributed by atoms with Crippen LogP contribution in [0.3, 0.4) is 0 Å². The van der Waals surface area contributed by atoms with Crippen molar-refractivity contribution in [3.63, 3.8) is 0 Å². The number of hydrogen-bond donors (Lipinski definition) is 1. The van der Waals surface area contributed by atoms with E-state index in [1.165, 1.54) is 65.9 Å². The Morgan fingerprint density at radius 1 is 0.757 bits per heavy atom. The summed E-state index contributed by atoms with van der Waals surface area (Å²) in [5.74, 6) is 0.901. The lowest BCUT2D eigenvalue weighted by Gasteiger charge is -2.16. The number of amides is 1. The zero-order chi connectivity index (χ0) is 27.2. The first kappa shape index (κ1) is 27.7. The lowest BCUT2D eigenvalue weighted by Crippen LogP contribution is -2.31. The van der Waals surface area contributed by atoms with Crippen LogP contribution in [0.1, 0.15) is 11.1 Å². The second-order valence-corrected chi connectivity index (χ2v) is 9.59. The molecular weight excluding hydrogens is 522 g/mol. The fourth-order valence-electron chi connectivity index (χ4n) is 3.48. The second-order valence-electron chi connectivity index (χ2n) is 7.47. The van der Waals surface area contributed by atoms with Crippen LogP contribution in [0.2, 0.25) is 5.02 Å². The van der Waals surface area contributed by atoms with Gasteiger partial charge in [-0.3, -0.25) is 4.79 Å². The molecule has 0 fully saturated rings. The number of ether oxygens (including phenoxy) is 5. The Balaban J connectivity index is 2.17. The highest BCUT2D eigenvalue weighted by Gasteiger charge is 2.24. The highest BCUT2D eigenvalue weighted by Crippen LogP contribution is 2.40. The summed E-state index contributed by atoms with van der Waals surface area (Å²) in [6, 6.07) is 13.5. The van der Waals surface area contributed by atoms with E-state index in [0.29, 0.717) is 33.4 Å². The molecule has 0 heterocycles. The number of rotatable bonds is 10. The Morgan fingerprint density at radius 3 is 1.84 bits per heavy atom. The molecule has 196 valence electrons. The van der Waals surface area contributed by atoms with Crippen molar-refractivity contribution < 1.29 is 36.9 Å². The Labute approximate surface area is 220 Å². The Hall–Kier alpha value is -3.89. The second kappa shape index (κ2) is 11.9. The molecule has 3 rings (SSSR count). The number of methoxy groups -OCH3 is 5. The topological polar surface area (TPSA) is 109 Å². The molecule has 1 N–H and O–H groups in total. The van der Waals surface area contributed by atoms with Gasteiger partial charge in [0.1, 0.15) is 0 Å². The van der Waals surface area contributed by atoms with Gasteiger partial charge in [-0.25, -0.2) is 13.1 Å². The molecule has 0 aliphatic rings. The van der Waals surface area contributed by atoms with Crippen LogP contribution >= 0.6 is 11.6 Å².